The largest absolute Gasteiger partial charge is 0.497 e. The smallest absolute Gasteiger partial charge is 0.405 e. The Balaban J connectivity index is 2.05. The molecule has 0 bridgehead atoms. The van der Waals surface area contributed by atoms with E-state index in [1.54, 1.807) is 7.11 Å². The van der Waals surface area contributed by atoms with Crippen molar-refractivity contribution in [3.8, 4) is 11.5 Å². The van der Waals surface area contributed by atoms with Crippen molar-refractivity contribution >= 4 is 5.91 Å². The molecule has 0 unspecified atom stereocenters. The molecule has 0 radical (unpaired) electrons. The van der Waals surface area contributed by atoms with Gasteiger partial charge in [0.1, 0.15) is 18.0 Å². The van der Waals surface area contributed by atoms with Gasteiger partial charge in [0.15, 0.2) is 0 Å². The monoisotopic (exact) mass is 459 g/mol. The van der Waals surface area contributed by atoms with Gasteiger partial charge in [-0.25, -0.2) is 0 Å². The zero-order valence-electron chi connectivity index (χ0n) is 19.7. The second-order valence-electron chi connectivity index (χ2n) is 8.29. The van der Waals surface area contributed by atoms with Crippen LogP contribution in [0.25, 0.3) is 0 Å². The maximum absolute atomic E-state index is 12.0. The summed E-state index contributed by atoms with van der Waals surface area (Å²) in [5, 5.41) is 1.90. The molecule has 0 fully saturated rings. The van der Waals surface area contributed by atoms with Gasteiger partial charge in [-0.1, -0.05) is 58.3 Å². The van der Waals surface area contributed by atoms with E-state index >= 15 is 0 Å². The number of ether oxygens (including phenoxy) is 2. The highest BCUT2D eigenvalue weighted by Crippen LogP contribution is 2.24. The minimum atomic E-state index is -4.34. The van der Waals surface area contributed by atoms with Crippen LogP contribution in [0.3, 0.4) is 0 Å². The summed E-state index contributed by atoms with van der Waals surface area (Å²) < 4.78 is 47.4. The number of carbonyl (C=O) groups excluding carboxylic acids is 1. The lowest BCUT2D eigenvalue weighted by molar-refractivity contribution is -0.138. The fourth-order valence-corrected chi connectivity index (χ4v) is 3.48. The summed E-state index contributed by atoms with van der Waals surface area (Å²) in [5.74, 6) is 1.19. The number of hydrogen-bond acceptors (Lipinski definition) is 3. The molecule has 4 nitrogen and oxygen atoms in total. The first-order valence-corrected chi connectivity index (χ1v) is 12.0. The Kier molecular flexibility index (Phi) is 14.7. The summed E-state index contributed by atoms with van der Waals surface area (Å²) >= 11 is 0. The first-order chi connectivity index (χ1) is 15.3. The van der Waals surface area contributed by atoms with Gasteiger partial charge in [-0.15, -0.1) is 0 Å². The molecular formula is C25H40F3NO3. The number of nitrogens with one attached hydrogen (secondary N) is 1. The van der Waals surface area contributed by atoms with Crippen LogP contribution in [0.4, 0.5) is 13.2 Å². The molecular weight excluding hydrogens is 419 g/mol. The second-order valence-corrected chi connectivity index (χ2v) is 8.29. The van der Waals surface area contributed by atoms with E-state index in [4.69, 9.17) is 9.47 Å². The van der Waals surface area contributed by atoms with Crippen LogP contribution >= 0.6 is 0 Å². The SMILES string of the molecule is CCCCCc1cc(OC)cc(OCCCCCCCCCCC(=O)NCC(F)(F)F)c1. The highest BCUT2D eigenvalue weighted by atomic mass is 19.4. The van der Waals surface area contributed by atoms with Crippen LogP contribution in [-0.2, 0) is 11.2 Å². The maximum Gasteiger partial charge on any atom is 0.405 e. The standard InChI is InChI=1S/C25H40F3NO3/c1-3-4-11-14-21-17-22(31-2)19-23(18-21)32-16-13-10-8-6-5-7-9-12-15-24(30)29-20-25(26,27)28/h17-19H,3-16,20H2,1-2H3,(H,29,30). The number of halogens is 3. The Morgan fingerprint density at radius 2 is 1.50 bits per heavy atom. The van der Waals surface area contributed by atoms with Crippen molar-refractivity contribution in [2.75, 3.05) is 20.3 Å². The Morgan fingerprint density at radius 3 is 2.12 bits per heavy atom. The lowest BCUT2D eigenvalue weighted by atomic mass is 10.1. The third-order valence-corrected chi connectivity index (χ3v) is 5.30. The molecule has 1 rings (SSSR count). The molecule has 0 spiro atoms. The molecule has 184 valence electrons. The van der Waals surface area contributed by atoms with E-state index < -0.39 is 18.6 Å². The first kappa shape index (κ1) is 28.1. The molecule has 0 aliphatic heterocycles. The highest BCUT2D eigenvalue weighted by Gasteiger charge is 2.27. The van der Waals surface area contributed by atoms with E-state index in [-0.39, 0.29) is 6.42 Å². The summed E-state index contributed by atoms with van der Waals surface area (Å²) in [6, 6.07) is 6.13. The van der Waals surface area contributed by atoms with E-state index in [0.29, 0.717) is 13.0 Å². The van der Waals surface area contributed by atoms with Gasteiger partial charge in [0.05, 0.1) is 13.7 Å². The number of benzene rings is 1. The average Bonchev–Trinajstić information content (AvgIpc) is 2.75. The van der Waals surface area contributed by atoms with E-state index in [0.717, 1.165) is 62.9 Å². The third-order valence-electron chi connectivity index (χ3n) is 5.30. The van der Waals surface area contributed by atoms with Crippen molar-refractivity contribution in [3.05, 3.63) is 23.8 Å². The zero-order chi connectivity index (χ0) is 23.7. The lowest BCUT2D eigenvalue weighted by Crippen LogP contribution is -2.33. The van der Waals surface area contributed by atoms with E-state index in [9.17, 15) is 18.0 Å². The summed E-state index contributed by atoms with van der Waals surface area (Å²) in [5.41, 5.74) is 1.26. The van der Waals surface area contributed by atoms with Crippen molar-refractivity contribution in [2.24, 2.45) is 0 Å². The molecule has 32 heavy (non-hydrogen) atoms. The topological polar surface area (TPSA) is 47.6 Å². The summed E-state index contributed by atoms with van der Waals surface area (Å²) in [7, 11) is 1.68. The molecule has 0 heterocycles. The number of carbonyl (C=O) groups is 1. The maximum atomic E-state index is 12.0. The van der Waals surface area contributed by atoms with Crippen LogP contribution in [0.2, 0.25) is 0 Å². The molecule has 1 aromatic carbocycles. The number of aryl methyl sites for hydroxylation is 1. The zero-order valence-corrected chi connectivity index (χ0v) is 19.7. The van der Waals surface area contributed by atoms with Gasteiger partial charge < -0.3 is 14.8 Å². The first-order valence-electron chi connectivity index (χ1n) is 12.0. The van der Waals surface area contributed by atoms with Crippen molar-refractivity contribution in [1.82, 2.24) is 5.32 Å². The Morgan fingerprint density at radius 1 is 0.875 bits per heavy atom. The van der Waals surface area contributed by atoms with Gasteiger partial charge in [0.2, 0.25) is 5.91 Å². The second kappa shape index (κ2) is 16.7. The normalized spacial score (nSPS) is 11.4. The van der Waals surface area contributed by atoms with Gasteiger partial charge in [-0.2, -0.15) is 13.2 Å². The van der Waals surface area contributed by atoms with Crippen LogP contribution in [0.15, 0.2) is 18.2 Å². The van der Waals surface area contributed by atoms with Gasteiger partial charge in [-0.05, 0) is 43.4 Å². The van der Waals surface area contributed by atoms with E-state index in [2.05, 4.69) is 19.1 Å². The Hall–Kier alpha value is -1.92. The third kappa shape index (κ3) is 15.0. The van der Waals surface area contributed by atoms with Crippen LogP contribution in [-0.4, -0.2) is 32.3 Å². The number of unbranched alkanes of at least 4 members (excludes halogenated alkanes) is 9. The number of hydrogen-bond donors (Lipinski definition) is 1. The number of methoxy groups -OCH3 is 1. The van der Waals surface area contributed by atoms with Gasteiger partial charge in [-0.3, -0.25) is 4.79 Å². The molecule has 1 aromatic rings. The highest BCUT2D eigenvalue weighted by molar-refractivity contribution is 5.75. The molecule has 7 heteroatoms. The van der Waals surface area contributed by atoms with Crippen molar-refractivity contribution in [3.63, 3.8) is 0 Å². The fourth-order valence-electron chi connectivity index (χ4n) is 3.48. The molecule has 1 N–H and O–H groups in total. The van der Waals surface area contributed by atoms with E-state index in [1.807, 2.05) is 11.4 Å². The molecule has 0 aliphatic rings. The van der Waals surface area contributed by atoms with Gasteiger partial charge in [0.25, 0.3) is 0 Å². The summed E-state index contributed by atoms with van der Waals surface area (Å²) in [4.78, 5) is 11.3. The lowest BCUT2D eigenvalue weighted by Gasteiger charge is -2.11. The molecule has 1 amide bonds. The fraction of sp³-hybridized carbons (Fsp3) is 0.720. The molecule has 0 atom stereocenters. The Bertz CT molecular complexity index is 635. The molecule has 0 aromatic heterocycles. The summed E-state index contributed by atoms with van der Waals surface area (Å²) in [6.45, 7) is 1.65. The van der Waals surface area contributed by atoms with Crippen LogP contribution in [0.1, 0.15) is 89.5 Å². The quantitative estimate of drug-likeness (QED) is 0.241. The van der Waals surface area contributed by atoms with E-state index in [1.165, 1.54) is 24.8 Å². The summed E-state index contributed by atoms with van der Waals surface area (Å²) in [6.07, 6.45) is 8.44. The van der Waals surface area contributed by atoms with Crippen molar-refractivity contribution in [1.29, 1.82) is 0 Å². The number of alkyl halides is 3. The number of rotatable bonds is 18. The van der Waals surface area contributed by atoms with Crippen LogP contribution in [0.5, 0.6) is 11.5 Å². The molecule has 0 aliphatic carbocycles. The predicted molar refractivity (Wildman–Crippen MR) is 122 cm³/mol. The predicted octanol–water partition coefficient (Wildman–Crippen LogP) is 7.00. The average molecular weight is 460 g/mol. The van der Waals surface area contributed by atoms with Gasteiger partial charge >= 0.3 is 6.18 Å². The molecule has 0 saturated heterocycles. The minimum absolute atomic E-state index is 0.165. The van der Waals surface area contributed by atoms with Crippen LogP contribution in [0, 0.1) is 0 Å². The minimum Gasteiger partial charge on any atom is -0.497 e. The molecule has 0 saturated carbocycles. The van der Waals surface area contributed by atoms with Crippen molar-refractivity contribution < 1.29 is 27.4 Å². The van der Waals surface area contributed by atoms with Crippen molar-refractivity contribution in [2.45, 2.75) is 96.6 Å². The Labute approximate surface area is 191 Å². The van der Waals surface area contributed by atoms with Gasteiger partial charge in [0, 0.05) is 12.5 Å². The van der Waals surface area contributed by atoms with Crippen LogP contribution < -0.4 is 14.8 Å². The number of amides is 1.